The number of carbonyl (C=O) groups excluding carboxylic acids is 1. The molecule has 3 aromatic heterocycles. The Morgan fingerprint density at radius 2 is 1.82 bits per heavy atom. The number of benzene rings is 2. The molecule has 0 aliphatic rings. The Kier molecular flexibility index (Phi) is 5.46. The van der Waals surface area contributed by atoms with Gasteiger partial charge in [-0.05, 0) is 36.4 Å². The van der Waals surface area contributed by atoms with Crippen molar-refractivity contribution in [2.45, 2.75) is 0 Å². The third kappa shape index (κ3) is 4.40. The van der Waals surface area contributed by atoms with E-state index in [1.807, 2.05) is 30.3 Å². The number of nitrogens with one attached hydrogen (secondary N) is 2. The Bertz CT molecular complexity index is 1400. The summed E-state index contributed by atoms with van der Waals surface area (Å²) in [6.45, 7) is 0.475. The van der Waals surface area contributed by atoms with Crippen LogP contribution in [0.2, 0.25) is 0 Å². The van der Waals surface area contributed by atoms with Crippen LogP contribution in [0.4, 0.5) is 4.39 Å². The Labute approximate surface area is 187 Å². The second-order valence-electron chi connectivity index (χ2n) is 7.11. The zero-order valence-electron chi connectivity index (χ0n) is 17.3. The number of fused-ring (bicyclic) bond motifs is 1. The van der Waals surface area contributed by atoms with Crippen LogP contribution in [0, 0.1) is 5.82 Å². The lowest BCUT2D eigenvalue weighted by molar-refractivity contribution is 0.0941. The van der Waals surface area contributed by atoms with Crippen LogP contribution in [0.5, 0.6) is 5.88 Å². The highest BCUT2D eigenvalue weighted by atomic mass is 19.1. The molecule has 0 unspecified atom stereocenters. The normalized spacial score (nSPS) is 10.9. The number of H-pyrrole nitrogens is 1. The van der Waals surface area contributed by atoms with Gasteiger partial charge in [-0.1, -0.05) is 30.3 Å². The van der Waals surface area contributed by atoms with Gasteiger partial charge < -0.3 is 10.1 Å². The molecule has 5 rings (SSSR count). The monoisotopic (exact) mass is 443 g/mol. The lowest BCUT2D eigenvalue weighted by atomic mass is 10.1. The predicted molar refractivity (Wildman–Crippen MR) is 118 cm³/mol. The molecule has 0 atom stereocenters. The molecule has 0 aliphatic carbocycles. The van der Waals surface area contributed by atoms with Crippen molar-refractivity contribution in [3.8, 4) is 28.5 Å². The van der Waals surface area contributed by atoms with Crippen LogP contribution in [0.3, 0.4) is 0 Å². The standard InChI is InChI=1S/C23H18FN7O2/c24-17-8-6-15(7-9-17)18-14-19(27-26-18)23(32)25-12-13-33-21-11-10-20-28-29-22(31(20)30-21)16-4-2-1-3-5-16/h1-11,14H,12-13H2,(H,25,32)(H,26,27). The van der Waals surface area contributed by atoms with Crippen molar-refractivity contribution >= 4 is 11.6 Å². The minimum absolute atomic E-state index is 0.214. The van der Waals surface area contributed by atoms with Crippen molar-refractivity contribution in [1.29, 1.82) is 0 Å². The van der Waals surface area contributed by atoms with Gasteiger partial charge in [0.15, 0.2) is 11.5 Å². The van der Waals surface area contributed by atoms with Gasteiger partial charge in [-0.3, -0.25) is 9.89 Å². The Balaban J connectivity index is 1.18. The van der Waals surface area contributed by atoms with Crippen molar-refractivity contribution in [2.24, 2.45) is 0 Å². The lowest BCUT2D eigenvalue weighted by Crippen LogP contribution is -2.28. The number of halogens is 1. The summed E-state index contributed by atoms with van der Waals surface area (Å²) in [6.07, 6.45) is 0. The number of aromatic amines is 1. The number of carbonyl (C=O) groups is 1. The van der Waals surface area contributed by atoms with E-state index in [1.165, 1.54) is 12.1 Å². The highest BCUT2D eigenvalue weighted by Gasteiger charge is 2.12. The fraction of sp³-hybridized carbons (Fsp3) is 0.0870. The van der Waals surface area contributed by atoms with E-state index in [-0.39, 0.29) is 24.9 Å². The number of amides is 1. The number of aromatic nitrogens is 6. The number of nitrogens with zero attached hydrogens (tertiary/aromatic N) is 5. The van der Waals surface area contributed by atoms with Crippen molar-refractivity contribution in [2.75, 3.05) is 13.2 Å². The maximum Gasteiger partial charge on any atom is 0.269 e. The molecule has 2 aromatic carbocycles. The second kappa shape index (κ2) is 8.87. The molecule has 0 radical (unpaired) electrons. The molecule has 0 spiro atoms. The van der Waals surface area contributed by atoms with E-state index in [1.54, 1.807) is 34.8 Å². The summed E-state index contributed by atoms with van der Waals surface area (Å²) in [5, 5.41) is 22.3. The van der Waals surface area contributed by atoms with E-state index in [9.17, 15) is 9.18 Å². The van der Waals surface area contributed by atoms with Crippen LogP contribution in [0.15, 0.2) is 72.8 Å². The van der Waals surface area contributed by atoms with Crippen LogP contribution in [-0.4, -0.2) is 49.1 Å². The average molecular weight is 443 g/mol. The van der Waals surface area contributed by atoms with Gasteiger partial charge in [0, 0.05) is 17.2 Å². The molecule has 3 heterocycles. The van der Waals surface area contributed by atoms with Gasteiger partial charge in [0.2, 0.25) is 5.88 Å². The fourth-order valence-electron chi connectivity index (χ4n) is 3.24. The maximum atomic E-state index is 13.1. The zero-order chi connectivity index (χ0) is 22.6. The van der Waals surface area contributed by atoms with Gasteiger partial charge in [-0.15, -0.1) is 15.3 Å². The third-order valence-electron chi connectivity index (χ3n) is 4.87. The Morgan fingerprint density at radius 1 is 1.00 bits per heavy atom. The summed E-state index contributed by atoms with van der Waals surface area (Å²) in [5.74, 6) is 0.337. The van der Waals surface area contributed by atoms with Crippen molar-refractivity contribution in [3.05, 3.63) is 84.3 Å². The molecule has 0 saturated carbocycles. The molecule has 1 amide bonds. The molecule has 2 N–H and O–H groups in total. The number of rotatable bonds is 7. The Hall–Kier alpha value is -4.60. The second-order valence-corrected chi connectivity index (χ2v) is 7.11. The van der Waals surface area contributed by atoms with Crippen LogP contribution >= 0.6 is 0 Å². The van der Waals surface area contributed by atoms with Gasteiger partial charge in [0.05, 0.1) is 12.2 Å². The van der Waals surface area contributed by atoms with E-state index in [2.05, 4.69) is 30.8 Å². The summed E-state index contributed by atoms with van der Waals surface area (Å²) < 4.78 is 20.4. The zero-order valence-corrected chi connectivity index (χ0v) is 17.3. The van der Waals surface area contributed by atoms with Gasteiger partial charge in [0.1, 0.15) is 18.1 Å². The first-order chi connectivity index (χ1) is 16.2. The fourth-order valence-corrected chi connectivity index (χ4v) is 3.24. The minimum atomic E-state index is -0.332. The van der Waals surface area contributed by atoms with Crippen LogP contribution < -0.4 is 10.1 Å². The van der Waals surface area contributed by atoms with E-state index < -0.39 is 0 Å². The molecule has 0 aliphatic heterocycles. The molecule has 0 fully saturated rings. The first-order valence-electron chi connectivity index (χ1n) is 10.2. The largest absolute Gasteiger partial charge is 0.475 e. The molecule has 5 aromatic rings. The predicted octanol–water partition coefficient (Wildman–Crippen LogP) is 3.13. The lowest BCUT2D eigenvalue weighted by Gasteiger charge is -2.07. The van der Waals surface area contributed by atoms with E-state index in [0.29, 0.717) is 34.3 Å². The molecule has 0 saturated heterocycles. The summed E-state index contributed by atoms with van der Waals surface area (Å²) >= 11 is 0. The molecule has 0 bridgehead atoms. The van der Waals surface area contributed by atoms with Gasteiger partial charge in [0.25, 0.3) is 5.91 Å². The third-order valence-corrected chi connectivity index (χ3v) is 4.87. The maximum absolute atomic E-state index is 13.1. The topological polar surface area (TPSA) is 110 Å². The Morgan fingerprint density at radius 3 is 2.64 bits per heavy atom. The highest BCUT2D eigenvalue weighted by molar-refractivity contribution is 5.93. The summed E-state index contributed by atoms with van der Waals surface area (Å²) in [6, 6.07) is 20.6. The van der Waals surface area contributed by atoms with Crippen molar-refractivity contribution in [1.82, 2.24) is 35.3 Å². The summed E-state index contributed by atoms with van der Waals surface area (Å²) in [5.41, 5.74) is 3.05. The van der Waals surface area contributed by atoms with Gasteiger partial charge in [-0.25, -0.2) is 4.39 Å². The van der Waals surface area contributed by atoms with E-state index >= 15 is 0 Å². The van der Waals surface area contributed by atoms with E-state index in [0.717, 1.165) is 5.56 Å². The minimum Gasteiger partial charge on any atom is -0.475 e. The summed E-state index contributed by atoms with van der Waals surface area (Å²) in [7, 11) is 0. The first kappa shape index (κ1) is 20.3. The summed E-state index contributed by atoms with van der Waals surface area (Å²) in [4.78, 5) is 12.4. The van der Waals surface area contributed by atoms with Gasteiger partial charge >= 0.3 is 0 Å². The first-order valence-corrected chi connectivity index (χ1v) is 10.2. The van der Waals surface area contributed by atoms with Crippen LogP contribution in [-0.2, 0) is 0 Å². The van der Waals surface area contributed by atoms with Gasteiger partial charge in [-0.2, -0.15) is 9.61 Å². The average Bonchev–Trinajstić information content (AvgIpc) is 3.50. The molecular formula is C23H18FN7O2. The quantitative estimate of drug-likeness (QED) is 0.374. The molecule has 164 valence electrons. The molecule has 33 heavy (non-hydrogen) atoms. The van der Waals surface area contributed by atoms with Crippen LogP contribution in [0.1, 0.15) is 10.5 Å². The number of hydrogen-bond acceptors (Lipinski definition) is 6. The molecular weight excluding hydrogens is 425 g/mol. The smallest absolute Gasteiger partial charge is 0.269 e. The van der Waals surface area contributed by atoms with Crippen molar-refractivity contribution < 1.29 is 13.9 Å². The highest BCUT2D eigenvalue weighted by Crippen LogP contribution is 2.19. The number of ether oxygens (including phenoxy) is 1. The van der Waals surface area contributed by atoms with Crippen molar-refractivity contribution in [3.63, 3.8) is 0 Å². The molecule has 9 nitrogen and oxygen atoms in total. The number of hydrogen-bond donors (Lipinski definition) is 2. The SMILES string of the molecule is O=C(NCCOc1ccc2nnc(-c3ccccc3)n2n1)c1cc(-c2ccc(F)cc2)n[nH]1. The molecule has 10 heteroatoms. The van der Waals surface area contributed by atoms with E-state index in [4.69, 9.17) is 4.74 Å². The van der Waals surface area contributed by atoms with Crippen LogP contribution in [0.25, 0.3) is 28.3 Å².